The van der Waals surface area contributed by atoms with Crippen LogP contribution in [0.5, 0.6) is 11.6 Å². The minimum absolute atomic E-state index is 0.124. The quantitative estimate of drug-likeness (QED) is 0.284. The number of alkyl halides is 3. The highest BCUT2D eigenvalue weighted by Crippen LogP contribution is 2.31. The Labute approximate surface area is 215 Å². The second kappa shape index (κ2) is 9.70. The number of pyridine rings is 2. The molecule has 0 aliphatic carbocycles. The van der Waals surface area contributed by atoms with Gasteiger partial charge in [-0.2, -0.15) is 0 Å². The summed E-state index contributed by atoms with van der Waals surface area (Å²) in [5.41, 5.74) is 5.20. The summed E-state index contributed by atoms with van der Waals surface area (Å²) < 4.78 is 50.8. The molecule has 2 aromatic carbocycles. The normalized spacial score (nSPS) is 11.6. The lowest BCUT2D eigenvalue weighted by atomic mass is 10.0. The first kappa shape index (κ1) is 25.1. The second-order valence-electron chi connectivity index (χ2n) is 8.93. The molecule has 3 heterocycles. The second-order valence-corrected chi connectivity index (χ2v) is 8.93. The van der Waals surface area contributed by atoms with Gasteiger partial charge >= 0.3 is 6.36 Å². The fourth-order valence-corrected chi connectivity index (χ4v) is 4.15. The van der Waals surface area contributed by atoms with E-state index in [0.717, 1.165) is 33.5 Å². The molecular weight excluding hydrogens is 497 g/mol. The molecule has 0 aliphatic heterocycles. The summed E-state index contributed by atoms with van der Waals surface area (Å²) in [7, 11) is 3.48. The molecule has 5 rings (SSSR count). The molecule has 194 valence electrons. The van der Waals surface area contributed by atoms with Gasteiger partial charge in [0.2, 0.25) is 5.88 Å². The molecule has 0 bridgehead atoms. The summed E-state index contributed by atoms with van der Waals surface area (Å²) in [6.07, 6.45) is -1.25. The third kappa shape index (κ3) is 5.39. The van der Waals surface area contributed by atoms with E-state index in [1.807, 2.05) is 37.3 Å². The highest BCUT2D eigenvalue weighted by atomic mass is 19.4. The number of hydrogen-bond acceptors (Lipinski definition) is 5. The summed E-state index contributed by atoms with van der Waals surface area (Å²) in [5, 5.41) is 4.95. The van der Waals surface area contributed by atoms with E-state index in [1.165, 1.54) is 22.8 Å². The summed E-state index contributed by atoms with van der Waals surface area (Å²) in [6, 6.07) is 16.9. The standard InChI is InChI=1S/C28H23F3N4O3/c1-17-12-21-13-22(38-28(29,30)31)8-9-24(21)32-26(17)19-6-4-18(5-7-19)16-37-27-23(15-35(3)33-27)20-10-11-34(2)25(36)14-20/h4-15H,16H2,1-3H3. The lowest BCUT2D eigenvalue weighted by Gasteiger charge is -2.12. The molecule has 0 saturated carbocycles. The Hall–Kier alpha value is -4.60. The summed E-state index contributed by atoms with van der Waals surface area (Å²) >= 11 is 0. The van der Waals surface area contributed by atoms with Gasteiger partial charge in [-0.15, -0.1) is 18.3 Å². The van der Waals surface area contributed by atoms with Gasteiger partial charge in [-0.3, -0.25) is 9.48 Å². The molecule has 0 fully saturated rings. The van der Waals surface area contributed by atoms with Crippen LogP contribution in [0.25, 0.3) is 33.3 Å². The van der Waals surface area contributed by atoms with Gasteiger partial charge in [-0.1, -0.05) is 24.3 Å². The van der Waals surface area contributed by atoms with Crippen molar-refractivity contribution in [2.24, 2.45) is 14.1 Å². The Kier molecular flexibility index (Phi) is 6.40. The Morgan fingerprint density at radius 1 is 0.947 bits per heavy atom. The number of rotatable bonds is 6. The Morgan fingerprint density at radius 3 is 2.42 bits per heavy atom. The zero-order valence-corrected chi connectivity index (χ0v) is 20.8. The first-order valence-corrected chi connectivity index (χ1v) is 11.7. The first-order chi connectivity index (χ1) is 18.1. The molecule has 0 radical (unpaired) electrons. The van der Waals surface area contributed by atoms with E-state index in [-0.39, 0.29) is 17.9 Å². The van der Waals surface area contributed by atoms with Crippen LogP contribution in [0, 0.1) is 6.92 Å². The SMILES string of the molecule is Cc1cc2cc(OC(F)(F)F)ccc2nc1-c1ccc(COc2nn(C)cc2-c2ccn(C)c(=O)c2)cc1. The highest BCUT2D eigenvalue weighted by molar-refractivity contribution is 5.84. The molecule has 0 amide bonds. The van der Waals surface area contributed by atoms with Gasteiger partial charge in [0.25, 0.3) is 5.56 Å². The summed E-state index contributed by atoms with van der Waals surface area (Å²) in [4.78, 5) is 16.7. The van der Waals surface area contributed by atoms with Crippen molar-refractivity contribution in [3.8, 4) is 34.0 Å². The van der Waals surface area contributed by atoms with E-state index < -0.39 is 6.36 Å². The minimum Gasteiger partial charge on any atom is -0.471 e. The fraction of sp³-hybridized carbons (Fsp3) is 0.179. The molecule has 38 heavy (non-hydrogen) atoms. The molecule has 0 N–H and O–H groups in total. The maximum absolute atomic E-state index is 12.6. The molecule has 5 aromatic rings. The Bertz CT molecular complexity index is 1690. The van der Waals surface area contributed by atoms with Crippen molar-refractivity contribution in [2.45, 2.75) is 19.9 Å². The predicted octanol–water partition coefficient (Wildman–Crippen LogP) is 5.79. The van der Waals surface area contributed by atoms with Gasteiger partial charge in [0.15, 0.2) is 0 Å². The molecule has 0 unspecified atom stereocenters. The van der Waals surface area contributed by atoms with Crippen molar-refractivity contribution in [2.75, 3.05) is 0 Å². The van der Waals surface area contributed by atoms with Gasteiger partial charge in [0, 0.05) is 43.5 Å². The monoisotopic (exact) mass is 520 g/mol. The largest absolute Gasteiger partial charge is 0.573 e. The van der Waals surface area contributed by atoms with Crippen LogP contribution >= 0.6 is 0 Å². The number of hydrogen-bond donors (Lipinski definition) is 0. The van der Waals surface area contributed by atoms with Crippen molar-refractivity contribution in [1.82, 2.24) is 19.3 Å². The molecule has 7 nitrogen and oxygen atoms in total. The lowest BCUT2D eigenvalue weighted by molar-refractivity contribution is -0.274. The van der Waals surface area contributed by atoms with Crippen LogP contribution in [0.3, 0.4) is 0 Å². The van der Waals surface area contributed by atoms with Gasteiger partial charge in [0.1, 0.15) is 12.4 Å². The smallest absolute Gasteiger partial charge is 0.471 e. The number of aromatic nitrogens is 4. The van der Waals surface area contributed by atoms with E-state index in [2.05, 4.69) is 14.8 Å². The van der Waals surface area contributed by atoms with Crippen LogP contribution in [0.15, 0.2) is 77.9 Å². The van der Waals surface area contributed by atoms with E-state index >= 15 is 0 Å². The minimum atomic E-state index is -4.75. The maximum Gasteiger partial charge on any atom is 0.573 e. The zero-order chi connectivity index (χ0) is 27.0. The van der Waals surface area contributed by atoms with Gasteiger partial charge in [-0.25, -0.2) is 4.98 Å². The van der Waals surface area contributed by atoms with Crippen LogP contribution in [-0.2, 0) is 20.7 Å². The van der Waals surface area contributed by atoms with Gasteiger partial charge < -0.3 is 14.0 Å². The van der Waals surface area contributed by atoms with Crippen LogP contribution in [-0.4, -0.2) is 25.7 Å². The molecule has 3 aromatic heterocycles. The van der Waals surface area contributed by atoms with Gasteiger partial charge in [0.05, 0.1) is 16.8 Å². The van der Waals surface area contributed by atoms with E-state index in [1.54, 1.807) is 43.3 Å². The molecular formula is C28H23F3N4O3. The van der Waals surface area contributed by atoms with E-state index in [9.17, 15) is 18.0 Å². The number of halogens is 3. The fourth-order valence-electron chi connectivity index (χ4n) is 4.15. The maximum atomic E-state index is 12.6. The average molecular weight is 521 g/mol. The number of aryl methyl sites for hydroxylation is 3. The topological polar surface area (TPSA) is 71.2 Å². The third-order valence-corrected chi connectivity index (χ3v) is 6.02. The Morgan fingerprint density at radius 2 is 1.71 bits per heavy atom. The van der Waals surface area contributed by atoms with E-state index in [0.29, 0.717) is 16.8 Å². The summed E-state index contributed by atoms with van der Waals surface area (Å²) in [6.45, 7) is 2.12. The molecule has 0 spiro atoms. The molecule has 0 aliphatic rings. The number of nitrogens with zero attached hydrogens (tertiary/aromatic N) is 4. The van der Waals surface area contributed by atoms with Crippen LogP contribution in [0.1, 0.15) is 11.1 Å². The van der Waals surface area contributed by atoms with Crippen molar-refractivity contribution < 1.29 is 22.6 Å². The van der Waals surface area contributed by atoms with Crippen molar-refractivity contribution in [1.29, 1.82) is 0 Å². The number of ether oxygens (including phenoxy) is 2. The molecule has 0 saturated heterocycles. The third-order valence-electron chi connectivity index (χ3n) is 6.02. The lowest BCUT2D eigenvalue weighted by Crippen LogP contribution is -2.17. The highest BCUT2D eigenvalue weighted by Gasteiger charge is 2.31. The van der Waals surface area contributed by atoms with Gasteiger partial charge in [-0.05, 0) is 53.9 Å². The van der Waals surface area contributed by atoms with Crippen molar-refractivity contribution >= 4 is 10.9 Å². The van der Waals surface area contributed by atoms with Crippen molar-refractivity contribution in [3.63, 3.8) is 0 Å². The average Bonchev–Trinajstić information content (AvgIpc) is 3.24. The molecule has 0 atom stereocenters. The first-order valence-electron chi connectivity index (χ1n) is 11.7. The van der Waals surface area contributed by atoms with Crippen LogP contribution in [0.2, 0.25) is 0 Å². The predicted molar refractivity (Wildman–Crippen MR) is 137 cm³/mol. The van der Waals surface area contributed by atoms with Crippen LogP contribution in [0.4, 0.5) is 13.2 Å². The van der Waals surface area contributed by atoms with Crippen molar-refractivity contribution in [3.05, 3.63) is 94.5 Å². The number of benzene rings is 2. The zero-order valence-electron chi connectivity index (χ0n) is 20.8. The van der Waals surface area contributed by atoms with E-state index in [4.69, 9.17) is 4.74 Å². The number of fused-ring (bicyclic) bond motifs is 1. The molecule has 10 heteroatoms. The summed E-state index contributed by atoms with van der Waals surface area (Å²) in [5.74, 6) is 0.139. The Balaban J connectivity index is 1.34. The van der Waals surface area contributed by atoms with Crippen LogP contribution < -0.4 is 15.0 Å².